The Balaban J connectivity index is 2.38. The summed E-state index contributed by atoms with van der Waals surface area (Å²) in [6, 6.07) is 11.4. The summed E-state index contributed by atoms with van der Waals surface area (Å²) in [5.41, 5.74) is 8.17. The van der Waals surface area contributed by atoms with Gasteiger partial charge in [-0.2, -0.15) is 0 Å². The number of aryl methyl sites for hydroxylation is 1. The molecule has 0 saturated carbocycles. The van der Waals surface area contributed by atoms with Gasteiger partial charge < -0.3 is 10.8 Å². The number of phenolic OH excluding ortho intramolecular Hbond substituents is 1. The molecule has 99 valence electrons. The van der Waals surface area contributed by atoms with E-state index in [1.165, 1.54) is 6.07 Å². The van der Waals surface area contributed by atoms with Crippen LogP contribution in [-0.4, -0.2) is 11.7 Å². The summed E-state index contributed by atoms with van der Waals surface area (Å²) in [4.78, 5) is 0. The highest BCUT2D eigenvalue weighted by atomic mass is 19.1. The van der Waals surface area contributed by atoms with Gasteiger partial charge in [-0.15, -0.1) is 0 Å². The standard InChI is InChI=1S/C16H17FNO/c1-11-13(5-2-6-15(11)17)14-8-7-12(4-3-9-18)10-16(14)19/h2,5-7,10,19H,3-4,9,18H2,1H3. The number of phenols is 1. The topological polar surface area (TPSA) is 46.2 Å². The van der Waals surface area contributed by atoms with Gasteiger partial charge in [0.2, 0.25) is 0 Å². The Morgan fingerprint density at radius 2 is 2.16 bits per heavy atom. The Hall–Kier alpha value is -1.87. The molecule has 3 heteroatoms. The Labute approximate surface area is 112 Å². The third-order valence-electron chi connectivity index (χ3n) is 3.19. The highest BCUT2D eigenvalue weighted by molar-refractivity contribution is 5.72. The maximum Gasteiger partial charge on any atom is 0.126 e. The molecule has 0 bridgehead atoms. The predicted molar refractivity (Wildman–Crippen MR) is 74.4 cm³/mol. The number of aromatic hydroxyl groups is 1. The monoisotopic (exact) mass is 258 g/mol. The van der Waals surface area contributed by atoms with E-state index in [0.717, 1.165) is 18.4 Å². The van der Waals surface area contributed by atoms with E-state index in [-0.39, 0.29) is 11.6 Å². The van der Waals surface area contributed by atoms with Crippen molar-refractivity contribution < 1.29 is 9.50 Å². The Kier molecular flexibility index (Phi) is 4.17. The van der Waals surface area contributed by atoms with Crippen LogP contribution in [-0.2, 0) is 6.42 Å². The molecule has 2 nitrogen and oxygen atoms in total. The second-order valence-electron chi connectivity index (χ2n) is 4.57. The third kappa shape index (κ3) is 2.93. The maximum absolute atomic E-state index is 13.5. The van der Waals surface area contributed by atoms with Crippen LogP contribution in [0.5, 0.6) is 5.75 Å². The zero-order valence-electron chi connectivity index (χ0n) is 10.9. The average Bonchev–Trinajstić information content (AvgIpc) is 2.40. The molecule has 0 fully saturated rings. The molecule has 3 N–H and O–H groups in total. The van der Waals surface area contributed by atoms with Gasteiger partial charge in [0.15, 0.2) is 0 Å². The molecule has 2 aromatic rings. The van der Waals surface area contributed by atoms with Crippen LogP contribution >= 0.6 is 0 Å². The number of hydrogen-bond donors (Lipinski definition) is 2. The van der Waals surface area contributed by atoms with Crippen LogP contribution in [0.25, 0.3) is 11.1 Å². The molecule has 0 aliphatic heterocycles. The van der Waals surface area contributed by atoms with E-state index in [0.29, 0.717) is 23.2 Å². The molecule has 19 heavy (non-hydrogen) atoms. The Morgan fingerprint density at radius 3 is 2.84 bits per heavy atom. The molecule has 0 unspecified atom stereocenters. The lowest BCUT2D eigenvalue weighted by atomic mass is 9.97. The first kappa shape index (κ1) is 13.6. The highest BCUT2D eigenvalue weighted by Gasteiger charge is 2.10. The summed E-state index contributed by atoms with van der Waals surface area (Å²) < 4.78 is 13.5. The third-order valence-corrected chi connectivity index (χ3v) is 3.19. The maximum atomic E-state index is 13.5. The SMILES string of the molecule is Cc1c(F)cccc1-c1[c]cc(CCCN)cc1O. The second-order valence-corrected chi connectivity index (χ2v) is 4.57. The molecular formula is C16H17FNO. The van der Waals surface area contributed by atoms with Crippen molar-refractivity contribution in [2.24, 2.45) is 5.73 Å². The van der Waals surface area contributed by atoms with Crippen LogP contribution in [0.1, 0.15) is 17.5 Å². The molecule has 0 aromatic heterocycles. The number of rotatable bonds is 4. The van der Waals surface area contributed by atoms with E-state index in [9.17, 15) is 9.50 Å². The lowest BCUT2D eigenvalue weighted by molar-refractivity contribution is 0.476. The van der Waals surface area contributed by atoms with Gasteiger partial charge in [0, 0.05) is 5.56 Å². The first-order chi connectivity index (χ1) is 9.13. The summed E-state index contributed by atoms with van der Waals surface area (Å²) in [5.74, 6) is -0.152. The van der Waals surface area contributed by atoms with Crippen molar-refractivity contribution in [3.63, 3.8) is 0 Å². The zero-order valence-corrected chi connectivity index (χ0v) is 10.9. The Bertz CT molecular complexity index is 581. The smallest absolute Gasteiger partial charge is 0.126 e. The molecule has 0 saturated heterocycles. The zero-order chi connectivity index (χ0) is 13.8. The number of benzene rings is 2. The quantitative estimate of drug-likeness (QED) is 0.884. The van der Waals surface area contributed by atoms with E-state index in [1.807, 2.05) is 6.07 Å². The molecule has 0 heterocycles. The van der Waals surface area contributed by atoms with Crippen molar-refractivity contribution >= 4 is 0 Å². The van der Waals surface area contributed by atoms with Crippen molar-refractivity contribution in [3.05, 3.63) is 53.3 Å². The minimum absolute atomic E-state index is 0.128. The van der Waals surface area contributed by atoms with Gasteiger partial charge in [0.05, 0.1) is 0 Å². The molecule has 0 atom stereocenters. The van der Waals surface area contributed by atoms with Crippen LogP contribution in [0, 0.1) is 18.8 Å². The van der Waals surface area contributed by atoms with Crippen LogP contribution in [0.3, 0.4) is 0 Å². The van der Waals surface area contributed by atoms with Crippen molar-refractivity contribution in [1.82, 2.24) is 0 Å². The van der Waals surface area contributed by atoms with E-state index in [4.69, 9.17) is 5.73 Å². The number of halogens is 1. The molecular weight excluding hydrogens is 241 g/mol. The summed E-state index contributed by atoms with van der Waals surface area (Å²) in [7, 11) is 0. The fraction of sp³-hybridized carbons (Fsp3) is 0.250. The molecule has 2 rings (SSSR count). The van der Waals surface area contributed by atoms with Crippen molar-refractivity contribution in [2.75, 3.05) is 6.54 Å². The minimum Gasteiger partial charge on any atom is -0.507 e. The first-order valence-electron chi connectivity index (χ1n) is 6.32. The Morgan fingerprint density at radius 1 is 1.37 bits per heavy atom. The van der Waals surface area contributed by atoms with Crippen LogP contribution in [0.15, 0.2) is 30.3 Å². The normalized spacial score (nSPS) is 10.7. The molecule has 2 aromatic carbocycles. The first-order valence-corrected chi connectivity index (χ1v) is 6.32. The molecule has 0 aliphatic rings. The largest absolute Gasteiger partial charge is 0.507 e. The summed E-state index contributed by atoms with van der Waals surface area (Å²) in [5, 5.41) is 10.1. The average molecular weight is 258 g/mol. The highest BCUT2D eigenvalue weighted by Crippen LogP contribution is 2.32. The number of nitrogens with two attached hydrogens (primary N) is 1. The van der Waals surface area contributed by atoms with Gasteiger partial charge >= 0.3 is 0 Å². The summed E-state index contributed by atoms with van der Waals surface area (Å²) >= 11 is 0. The summed E-state index contributed by atoms with van der Waals surface area (Å²) in [6.45, 7) is 2.31. The lowest BCUT2D eigenvalue weighted by Crippen LogP contribution is -2.00. The van der Waals surface area contributed by atoms with Crippen LogP contribution in [0.4, 0.5) is 4.39 Å². The van der Waals surface area contributed by atoms with Gasteiger partial charge in [-0.3, -0.25) is 0 Å². The second kappa shape index (κ2) is 5.85. The summed E-state index contributed by atoms with van der Waals surface area (Å²) in [6.07, 6.45) is 1.68. The van der Waals surface area contributed by atoms with Crippen LogP contribution < -0.4 is 5.73 Å². The molecule has 0 amide bonds. The van der Waals surface area contributed by atoms with Gasteiger partial charge in [0.25, 0.3) is 0 Å². The van der Waals surface area contributed by atoms with Crippen molar-refractivity contribution in [3.8, 4) is 16.9 Å². The van der Waals surface area contributed by atoms with Crippen molar-refractivity contribution in [1.29, 1.82) is 0 Å². The predicted octanol–water partition coefficient (Wildman–Crippen LogP) is 3.20. The van der Waals surface area contributed by atoms with Gasteiger partial charge in [0.1, 0.15) is 11.6 Å². The van der Waals surface area contributed by atoms with E-state index in [1.54, 1.807) is 25.1 Å². The van der Waals surface area contributed by atoms with Gasteiger partial charge in [-0.25, -0.2) is 4.39 Å². The molecule has 0 spiro atoms. The van der Waals surface area contributed by atoms with E-state index < -0.39 is 0 Å². The van der Waals surface area contributed by atoms with E-state index >= 15 is 0 Å². The fourth-order valence-electron chi connectivity index (χ4n) is 2.07. The molecule has 1 radical (unpaired) electrons. The fourth-order valence-corrected chi connectivity index (χ4v) is 2.07. The lowest BCUT2D eigenvalue weighted by Gasteiger charge is -2.10. The van der Waals surface area contributed by atoms with E-state index in [2.05, 4.69) is 6.07 Å². The van der Waals surface area contributed by atoms with Gasteiger partial charge in [-0.1, -0.05) is 18.2 Å². The van der Waals surface area contributed by atoms with Gasteiger partial charge in [-0.05, 0) is 61.2 Å². The number of hydrogen-bond acceptors (Lipinski definition) is 2. The van der Waals surface area contributed by atoms with Crippen LogP contribution in [0.2, 0.25) is 0 Å². The minimum atomic E-state index is -0.280. The molecule has 0 aliphatic carbocycles. The van der Waals surface area contributed by atoms with Crippen molar-refractivity contribution in [2.45, 2.75) is 19.8 Å².